The zero-order chi connectivity index (χ0) is 16.4. The lowest BCUT2D eigenvalue weighted by molar-refractivity contribution is -0.117. The molecule has 5 heteroatoms. The molecule has 2 aromatic rings. The number of fused-ring (bicyclic) bond motifs is 1. The minimum Gasteiger partial charge on any atom is -0.493 e. The van der Waals surface area contributed by atoms with Gasteiger partial charge in [-0.25, -0.2) is 0 Å². The van der Waals surface area contributed by atoms with E-state index in [1.807, 2.05) is 37.3 Å². The van der Waals surface area contributed by atoms with Crippen molar-refractivity contribution < 1.29 is 14.3 Å². The second kappa shape index (κ2) is 6.50. The molecule has 1 amide bonds. The molecule has 2 aromatic carbocycles. The van der Waals surface area contributed by atoms with E-state index in [4.69, 9.17) is 21.1 Å². The number of methoxy groups -OCH3 is 1. The number of nitrogens with one attached hydrogen (secondary N) is 1. The maximum Gasteiger partial charge on any atom is 0.232 e. The molecule has 0 unspecified atom stereocenters. The highest BCUT2D eigenvalue weighted by Gasteiger charge is 2.30. The van der Waals surface area contributed by atoms with E-state index in [1.165, 1.54) is 0 Å². The lowest BCUT2D eigenvalue weighted by Crippen LogP contribution is -2.14. The minimum absolute atomic E-state index is 0.00452. The Balaban J connectivity index is 1.88. The van der Waals surface area contributed by atoms with Crippen LogP contribution in [0, 0.1) is 0 Å². The predicted molar refractivity (Wildman–Crippen MR) is 90.7 cm³/mol. The lowest BCUT2D eigenvalue weighted by atomic mass is 9.93. The van der Waals surface area contributed by atoms with Crippen LogP contribution < -0.4 is 14.8 Å². The average Bonchev–Trinajstić information content (AvgIpc) is 2.84. The highest BCUT2D eigenvalue weighted by Crippen LogP contribution is 2.37. The van der Waals surface area contributed by atoms with Crippen LogP contribution in [0.15, 0.2) is 36.4 Å². The normalized spacial score (nSPS) is 16.0. The maximum absolute atomic E-state index is 12.3. The minimum atomic E-state index is -0.244. The zero-order valence-electron chi connectivity index (χ0n) is 13.1. The molecule has 0 aromatic heterocycles. The van der Waals surface area contributed by atoms with Gasteiger partial charge in [-0.15, -0.1) is 0 Å². The first-order valence-electron chi connectivity index (χ1n) is 7.52. The van der Waals surface area contributed by atoms with Gasteiger partial charge in [-0.2, -0.15) is 0 Å². The van der Waals surface area contributed by atoms with Gasteiger partial charge in [0.25, 0.3) is 0 Å². The molecule has 23 heavy (non-hydrogen) atoms. The van der Waals surface area contributed by atoms with Crippen LogP contribution in [-0.4, -0.2) is 19.6 Å². The molecule has 1 aliphatic rings. The van der Waals surface area contributed by atoms with Crippen LogP contribution in [0.2, 0.25) is 5.02 Å². The molecule has 0 fully saturated rings. The number of rotatable bonds is 5. The molecule has 1 heterocycles. The van der Waals surface area contributed by atoms with E-state index < -0.39 is 0 Å². The van der Waals surface area contributed by atoms with Crippen molar-refractivity contribution in [3.63, 3.8) is 0 Å². The van der Waals surface area contributed by atoms with Crippen LogP contribution in [0.4, 0.5) is 5.69 Å². The molecule has 4 nitrogen and oxygen atoms in total. The highest BCUT2D eigenvalue weighted by molar-refractivity contribution is 6.31. The molecule has 0 saturated carbocycles. The fourth-order valence-corrected chi connectivity index (χ4v) is 3.03. The zero-order valence-corrected chi connectivity index (χ0v) is 13.8. The van der Waals surface area contributed by atoms with Crippen LogP contribution in [0.3, 0.4) is 0 Å². The van der Waals surface area contributed by atoms with Crippen molar-refractivity contribution >= 4 is 23.2 Å². The Labute approximate surface area is 140 Å². The number of halogens is 1. The van der Waals surface area contributed by atoms with Gasteiger partial charge in [-0.05, 0) is 54.8 Å². The Morgan fingerprint density at radius 3 is 2.74 bits per heavy atom. The lowest BCUT2D eigenvalue weighted by Gasteiger charge is -2.13. The van der Waals surface area contributed by atoms with Crippen LogP contribution >= 0.6 is 11.6 Å². The summed E-state index contributed by atoms with van der Waals surface area (Å²) in [4.78, 5) is 12.3. The SMILES string of the molecule is CCOc1ccc(C[C@@H]2C(=O)Nc3ccc(Cl)cc32)cc1OC. The third-order valence-corrected chi connectivity index (χ3v) is 4.17. The molecular weight excluding hydrogens is 314 g/mol. The molecule has 0 radical (unpaired) electrons. The summed E-state index contributed by atoms with van der Waals surface area (Å²) in [5.41, 5.74) is 2.79. The molecule has 1 N–H and O–H groups in total. The van der Waals surface area contributed by atoms with Gasteiger partial charge in [0.15, 0.2) is 11.5 Å². The summed E-state index contributed by atoms with van der Waals surface area (Å²) in [6, 6.07) is 11.2. The van der Waals surface area contributed by atoms with Gasteiger partial charge in [0.1, 0.15) is 0 Å². The molecule has 3 rings (SSSR count). The van der Waals surface area contributed by atoms with E-state index in [-0.39, 0.29) is 11.8 Å². The van der Waals surface area contributed by atoms with E-state index in [9.17, 15) is 4.79 Å². The van der Waals surface area contributed by atoms with Crippen LogP contribution in [0.1, 0.15) is 24.0 Å². The molecule has 0 bridgehead atoms. The number of ether oxygens (including phenoxy) is 2. The molecule has 120 valence electrons. The largest absolute Gasteiger partial charge is 0.493 e. The Bertz CT molecular complexity index is 745. The van der Waals surface area contributed by atoms with Crippen molar-refractivity contribution in [2.75, 3.05) is 19.0 Å². The average molecular weight is 332 g/mol. The fourth-order valence-electron chi connectivity index (χ4n) is 2.85. The van der Waals surface area contributed by atoms with Gasteiger partial charge >= 0.3 is 0 Å². The first-order chi connectivity index (χ1) is 11.1. The standard InChI is InChI=1S/C18H18ClNO3/c1-3-23-16-7-4-11(9-17(16)22-2)8-14-13-10-12(19)5-6-15(13)20-18(14)21/h4-7,9-10,14H,3,8H2,1-2H3,(H,20,21)/t14-/m0/s1. The van der Waals surface area contributed by atoms with Gasteiger partial charge in [-0.1, -0.05) is 17.7 Å². The van der Waals surface area contributed by atoms with Gasteiger partial charge in [0.2, 0.25) is 5.91 Å². The van der Waals surface area contributed by atoms with Crippen molar-refractivity contribution in [2.24, 2.45) is 0 Å². The van der Waals surface area contributed by atoms with Gasteiger partial charge in [0, 0.05) is 10.7 Å². The fraction of sp³-hybridized carbons (Fsp3) is 0.278. The Kier molecular flexibility index (Phi) is 4.44. The van der Waals surface area contributed by atoms with Crippen LogP contribution in [0.5, 0.6) is 11.5 Å². The Morgan fingerprint density at radius 1 is 1.17 bits per heavy atom. The number of anilines is 1. The highest BCUT2D eigenvalue weighted by atomic mass is 35.5. The summed E-state index contributed by atoms with van der Waals surface area (Å²) in [5, 5.41) is 3.54. The summed E-state index contributed by atoms with van der Waals surface area (Å²) in [6.07, 6.45) is 0.585. The van der Waals surface area contributed by atoms with E-state index in [2.05, 4.69) is 5.32 Å². The summed E-state index contributed by atoms with van der Waals surface area (Å²) in [5.74, 6) is 1.13. The summed E-state index contributed by atoms with van der Waals surface area (Å²) in [7, 11) is 1.61. The number of hydrogen-bond donors (Lipinski definition) is 1. The van der Waals surface area contributed by atoms with Crippen molar-refractivity contribution in [3.8, 4) is 11.5 Å². The number of amides is 1. The molecular formula is C18H18ClNO3. The Morgan fingerprint density at radius 2 is 2.00 bits per heavy atom. The number of carbonyl (C=O) groups excluding carboxylic acids is 1. The molecule has 0 spiro atoms. The van der Waals surface area contributed by atoms with E-state index in [0.29, 0.717) is 29.5 Å². The van der Waals surface area contributed by atoms with Gasteiger partial charge in [0.05, 0.1) is 19.6 Å². The molecule has 1 atom stereocenters. The summed E-state index contributed by atoms with van der Waals surface area (Å²) in [6.45, 7) is 2.50. The smallest absolute Gasteiger partial charge is 0.232 e. The van der Waals surface area contributed by atoms with E-state index in [0.717, 1.165) is 16.8 Å². The third-order valence-electron chi connectivity index (χ3n) is 3.93. The van der Waals surface area contributed by atoms with Gasteiger partial charge in [-0.3, -0.25) is 4.79 Å². The van der Waals surface area contributed by atoms with Crippen LogP contribution in [0.25, 0.3) is 0 Å². The van der Waals surface area contributed by atoms with E-state index >= 15 is 0 Å². The van der Waals surface area contributed by atoms with Crippen LogP contribution in [-0.2, 0) is 11.2 Å². The van der Waals surface area contributed by atoms with Crippen molar-refractivity contribution in [1.82, 2.24) is 0 Å². The summed E-state index contributed by atoms with van der Waals surface area (Å²) >= 11 is 6.07. The van der Waals surface area contributed by atoms with Crippen molar-refractivity contribution in [2.45, 2.75) is 19.3 Å². The van der Waals surface area contributed by atoms with E-state index in [1.54, 1.807) is 13.2 Å². The monoisotopic (exact) mass is 331 g/mol. The predicted octanol–water partition coefficient (Wildman–Crippen LogP) is 4.03. The maximum atomic E-state index is 12.3. The number of hydrogen-bond acceptors (Lipinski definition) is 3. The first kappa shape index (κ1) is 15.7. The second-order valence-electron chi connectivity index (χ2n) is 5.40. The first-order valence-corrected chi connectivity index (χ1v) is 7.90. The Hall–Kier alpha value is -2.20. The number of benzene rings is 2. The summed E-state index contributed by atoms with van der Waals surface area (Å²) < 4.78 is 10.9. The second-order valence-corrected chi connectivity index (χ2v) is 5.83. The molecule has 1 aliphatic heterocycles. The van der Waals surface area contributed by atoms with Crippen molar-refractivity contribution in [1.29, 1.82) is 0 Å². The number of carbonyl (C=O) groups is 1. The van der Waals surface area contributed by atoms with Gasteiger partial charge < -0.3 is 14.8 Å². The molecule has 0 aliphatic carbocycles. The quantitative estimate of drug-likeness (QED) is 0.900. The van der Waals surface area contributed by atoms with Crippen molar-refractivity contribution in [3.05, 3.63) is 52.5 Å². The topological polar surface area (TPSA) is 47.6 Å². The molecule has 0 saturated heterocycles. The third kappa shape index (κ3) is 3.13.